The van der Waals surface area contributed by atoms with Gasteiger partial charge in [-0.15, -0.1) is 0 Å². The van der Waals surface area contributed by atoms with Crippen LogP contribution < -0.4 is 4.31 Å². The van der Waals surface area contributed by atoms with Crippen LogP contribution in [0.25, 0.3) is 0 Å². The SMILES string of the molecule is CCCCN(C)C(=O)CCN(c1ccc(F)c(F)c1F)S(C)(=O)=O. The minimum atomic E-state index is -3.97. The topological polar surface area (TPSA) is 57.7 Å². The molecule has 0 heterocycles. The molecule has 1 rings (SSSR count). The van der Waals surface area contributed by atoms with E-state index in [0.717, 1.165) is 25.2 Å². The Bertz CT molecular complexity index is 695. The fourth-order valence-corrected chi connectivity index (χ4v) is 3.00. The maximum absolute atomic E-state index is 13.9. The molecular formula is C15H21F3N2O3S. The van der Waals surface area contributed by atoms with Crippen LogP contribution in [-0.2, 0) is 14.8 Å². The van der Waals surface area contributed by atoms with E-state index in [-0.39, 0.29) is 18.9 Å². The highest BCUT2D eigenvalue weighted by atomic mass is 32.2. The van der Waals surface area contributed by atoms with Gasteiger partial charge in [0.25, 0.3) is 0 Å². The number of halogens is 3. The Hall–Kier alpha value is -1.77. The molecule has 0 bridgehead atoms. The molecular weight excluding hydrogens is 345 g/mol. The first kappa shape index (κ1) is 20.3. The summed E-state index contributed by atoms with van der Waals surface area (Å²) < 4.78 is 64.5. The van der Waals surface area contributed by atoms with E-state index in [9.17, 15) is 26.4 Å². The fourth-order valence-electron chi connectivity index (χ4n) is 2.08. The van der Waals surface area contributed by atoms with Crippen LogP contribution in [0.1, 0.15) is 26.2 Å². The Kier molecular flexibility index (Phi) is 7.07. The molecule has 24 heavy (non-hydrogen) atoms. The molecule has 0 atom stereocenters. The number of unbranched alkanes of at least 4 members (excludes halogenated alkanes) is 1. The lowest BCUT2D eigenvalue weighted by Gasteiger charge is -2.24. The predicted octanol–water partition coefficient (Wildman–Crippen LogP) is 2.52. The maximum atomic E-state index is 13.9. The molecule has 0 fully saturated rings. The molecule has 0 unspecified atom stereocenters. The van der Waals surface area contributed by atoms with Gasteiger partial charge in [-0.3, -0.25) is 9.10 Å². The highest BCUT2D eigenvalue weighted by Gasteiger charge is 2.25. The van der Waals surface area contributed by atoms with Gasteiger partial charge in [-0.2, -0.15) is 0 Å². The normalized spacial score (nSPS) is 11.4. The predicted molar refractivity (Wildman–Crippen MR) is 85.7 cm³/mol. The van der Waals surface area contributed by atoms with Crippen molar-refractivity contribution in [1.82, 2.24) is 4.90 Å². The first-order valence-electron chi connectivity index (χ1n) is 7.44. The lowest BCUT2D eigenvalue weighted by Crippen LogP contribution is -2.36. The van der Waals surface area contributed by atoms with Crippen molar-refractivity contribution in [1.29, 1.82) is 0 Å². The van der Waals surface area contributed by atoms with Crippen LogP contribution in [0.4, 0.5) is 18.9 Å². The summed E-state index contributed by atoms with van der Waals surface area (Å²) in [6.45, 7) is 2.12. The van der Waals surface area contributed by atoms with Crippen LogP contribution >= 0.6 is 0 Å². The highest BCUT2D eigenvalue weighted by molar-refractivity contribution is 7.92. The van der Waals surface area contributed by atoms with Crippen molar-refractivity contribution in [3.05, 3.63) is 29.6 Å². The highest BCUT2D eigenvalue weighted by Crippen LogP contribution is 2.25. The summed E-state index contributed by atoms with van der Waals surface area (Å²) in [6.07, 6.45) is 2.30. The number of sulfonamides is 1. The van der Waals surface area contributed by atoms with E-state index in [4.69, 9.17) is 0 Å². The van der Waals surface area contributed by atoms with Crippen LogP contribution in [0.15, 0.2) is 12.1 Å². The van der Waals surface area contributed by atoms with E-state index in [1.54, 1.807) is 7.05 Å². The van der Waals surface area contributed by atoms with Gasteiger partial charge in [0.1, 0.15) is 0 Å². The molecule has 0 spiro atoms. The van der Waals surface area contributed by atoms with Crippen LogP contribution in [0.3, 0.4) is 0 Å². The lowest BCUT2D eigenvalue weighted by molar-refractivity contribution is -0.129. The van der Waals surface area contributed by atoms with Gasteiger partial charge in [-0.05, 0) is 18.6 Å². The average molecular weight is 366 g/mol. The number of hydrogen-bond donors (Lipinski definition) is 0. The number of carbonyl (C=O) groups is 1. The van der Waals surface area contributed by atoms with Crippen LogP contribution in [-0.4, -0.2) is 45.6 Å². The Morgan fingerprint density at radius 3 is 2.29 bits per heavy atom. The fraction of sp³-hybridized carbons (Fsp3) is 0.533. The van der Waals surface area contributed by atoms with Crippen molar-refractivity contribution >= 4 is 21.6 Å². The molecule has 9 heteroatoms. The van der Waals surface area contributed by atoms with Crippen molar-refractivity contribution in [2.45, 2.75) is 26.2 Å². The van der Waals surface area contributed by atoms with Crippen LogP contribution in [0.5, 0.6) is 0 Å². The first-order valence-corrected chi connectivity index (χ1v) is 9.29. The van der Waals surface area contributed by atoms with E-state index < -0.39 is 33.2 Å². The first-order chi connectivity index (χ1) is 11.1. The zero-order valence-corrected chi connectivity index (χ0v) is 14.7. The standard InChI is InChI=1S/C15H21F3N2O3S/c1-4-5-9-19(2)13(21)8-10-20(24(3,22)23)12-7-6-11(16)14(17)15(12)18/h6-7H,4-5,8-10H2,1-3H3. The average Bonchev–Trinajstić information content (AvgIpc) is 2.50. The molecule has 0 aromatic heterocycles. The lowest BCUT2D eigenvalue weighted by atomic mass is 10.2. The quantitative estimate of drug-likeness (QED) is 0.665. The van der Waals surface area contributed by atoms with Gasteiger partial charge < -0.3 is 4.90 Å². The minimum absolute atomic E-state index is 0.203. The van der Waals surface area contributed by atoms with Crippen LogP contribution in [0.2, 0.25) is 0 Å². The third-order valence-electron chi connectivity index (χ3n) is 3.49. The summed E-state index contributed by atoms with van der Waals surface area (Å²) in [5, 5.41) is 0. The van der Waals surface area contributed by atoms with E-state index in [2.05, 4.69) is 0 Å². The summed E-state index contributed by atoms with van der Waals surface area (Å²) in [7, 11) is -2.39. The van der Waals surface area contributed by atoms with E-state index in [0.29, 0.717) is 16.9 Å². The van der Waals surface area contributed by atoms with Crippen molar-refractivity contribution in [2.75, 3.05) is 30.7 Å². The Morgan fingerprint density at radius 2 is 1.75 bits per heavy atom. The van der Waals surface area contributed by atoms with Crippen molar-refractivity contribution in [3.8, 4) is 0 Å². The molecule has 0 aliphatic rings. The van der Waals surface area contributed by atoms with Gasteiger partial charge in [0.2, 0.25) is 15.9 Å². The maximum Gasteiger partial charge on any atom is 0.232 e. The second-order valence-corrected chi connectivity index (χ2v) is 7.36. The summed E-state index contributed by atoms with van der Waals surface area (Å²) in [4.78, 5) is 13.4. The summed E-state index contributed by atoms with van der Waals surface area (Å²) in [5.74, 6) is -5.10. The van der Waals surface area contributed by atoms with Crippen LogP contribution in [0, 0.1) is 17.5 Å². The third kappa shape index (κ3) is 5.12. The van der Waals surface area contributed by atoms with Crippen molar-refractivity contribution < 1.29 is 26.4 Å². The molecule has 1 aromatic rings. The molecule has 0 N–H and O–H groups in total. The summed E-state index contributed by atoms with van der Waals surface area (Å²) in [6, 6.07) is 1.47. The molecule has 5 nitrogen and oxygen atoms in total. The number of carbonyl (C=O) groups excluding carboxylic acids is 1. The van der Waals surface area contributed by atoms with Gasteiger partial charge in [0, 0.05) is 26.6 Å². The van der Waals surface area contributed by atoms with E-state index >= 15 is 0 Å². The monoisotopic (exact) mass is 366 g/mol. The number of benzene rings is 1. The molecule has 0 radical (unpaired) electrons. The molecule has 136 valence electrons. The number of amides is 1. The largest absolute Gasteiger partial charge is 0.346 e. The molecule has 1 aromatic carbocycles. The number of nitrogens with zero attached hydrogens (tertiary/aromatic N) is 2. The third-order valence-corrected chi connectivity index (χ3v) is 4.67. The van der Waals surface area contributed by atoms with Gasteiger partial charge in [0.05, 0.1) is 11.9 Å². The van der Waals surface area contributed by atoms with E-state index in [1.165, 1.54) is 4.90 Å². The van der Waals surface area contributed by atoms with Crippen molar-refractivity contribution in [2.24, 2.45) is 0 Å². The van der Waals surface area contributed by atoms with Gasteiger partial charge in [-0.1, -0.05) is 13.3 Å². The zero-order chi connectivity index (χ0) is 18.5. The smallest absolute Gasteiger partial charge is 0.232 e. The zero-order valence-electron chi connectivity index (χ0n) is 13.9. The van der Waals surface area contributed by atoms with Crippen molar-refractivity contribution in [3.63, 3.8) is 0 Å². The number of anilines is 1. The van der Waals surface area contributed by atoms with Gasteiger partial charge in [-0.25, -0.2) is 21.6 Å². The Morgan fingerprint density at radius 1 is 1.12 bits per heavy atom. The Balaban J connectivity index is 2.97. The Labute approximate surface area is 140 Å². The minimum Gasteiger partial charge on any atom is -0.346 e. The van der Waals surface area contributed by atoms with E-state index in [1.807, 2.05) is 6.92 Å². The van der Waals surface area contributed by atoms with Gasteiger partial charge in [0.15, 0.2) is 17.5 Å². The number of rotatable bonds is 8. The summed E-state index contributed by atoms with van der Waals surface area (Å²) in [5.41, 5.74) is -0.625. The second-order valence-electron chi connectivity index (χ2n) is 5.45. The molecule has 0 saturated heterocycles. The molecule has 0 aliphatic carbocycles. The second kappa shape index (κ2) is 8.36. The number of hydrogen-bond acceptors (Lipinski definition) is 3. The molecule has 0 aliphatic heterocycles. The summed E-state index contributed by atoms with van der Waals surface area (Å²) >= 11 is 0. The molecule has 1 amide bonds. The van der Waals surface area contributed by atoms with Gasteiger partial charge >= 0.3 is 0 Å². The molecule has 0 saturated carbocycles.